The van der Waals surface area contributed by atoms with Crippen LogP contribution in [0.1, 0.15) is 41.0 Å². The highest BCUT2D eigenvalue weighted by Crippen LogP contribution is 2.41. The summed E-state index contributed by atoms with van der Waals surface area (Å²) in [5, 5.41) is 1.01. The van der Waals surface area contributed by atoms with Crippen LogP contribution in [0.5, 0.6) is 0 Å². The second kappa shape index (κ2) is 7.19. The van der Waals surface area contributed by atoms with E-state index < -0.39 is 0 Å². The van der Waals surface area contributed by atoms with Crippen molar-refractivity contribution in [2.75, 3.05) is 25.0 Å². The van der Waals surface area contributed by atoms with Crippen molar-refractivity contribution in [3.63, 3.8) is 0 Å². The monoisotopic (exact) mass is 388 g/mol. The van der Waals surface area contributed by atoms with Crippen molar-refractivity contribution < 1.29 is 9.18 Å². The highest BCUT2D eigenvalue weighted by atomic mass is 32.1. The van der Waals surface area contributed by atoms with Crippen LogP contribution in [-0.4, -0.2) is 46.3 Å². The number of fused-ring (bicyclic) bond motifs is 1. The second-order valence-corrected chi connectivity index (χ2v) is 8.61. The number of aromatic nitrogens is 2. The number of piperidine rings is 1. The summed E-state index contributed by atoms with van der Waals surface area (Å²) in [4.78, 5) is 21.6. The van der Waals surface area contributed by atoms with E-state index in [1.807, 2.05) is 18.9 Å². The Morgan fingerprint density at radius 3 is 2.78 bits per heavy atom. The summed E-state index contributed by atoms with van der Waals surface area (Å²) in [7, 11) is 1.88. The molecule has 4 rings (SSSR count). The standard InChI is InChI=1S/C20H25FN4OS/c1-12-8-15(4-5-18(12)21)19(26)24(3)17-9-14-6-7-25(11-16(14)10-17)20-22-13(2)23-27-20/h4-5,8,14,16-17H,6-7,9-11H2,1-3H3/t14-,16-,17+/m1/s1. The van der Waals surface area contributed by atoms with Crippen LogP contribution in [0, 0.1) is 31.5 Å². The van der Waals surface area contributed by atoms with Gasteiger partial charge < -0.3 is 9.80 Å². The Morgan fingerprint density at radius 2 is 2.07 bits per heavy atom. The van der Waals surface area contributed by atoms with Gasteiger partial charge in [0, 0.05) is 43.3 Å². The Balaban J connectivity index is 1.42. The van der Waals surface area contributed by atoms with Crippen molar-refractivity contribution in [1.82, 2.24) is 14.3 Å². The molecule has 2 aromatic rings. The molecule has 144 valence electrons. The molecule has 1 aromatic carbocycles. The fourth-order valence-corrected chi connectivity index (χ4v) is 5.21. The zero-order valence-electron chi connectivity index (χ0n) is 16.0. The Labute approximate surface area is 163 Å². The smallest absolute Gasteiger partial charge is 0.253 e. The lowest BCUT2D eigenvalue weighted by Gasteiger charge is -2.34. The van der Waals surface area contributed by atoms with E-state index >= 15 is 0 Å². The number of hydrogen-bond donors (Lipinski definition) is 0. The van der Waals surface area contributed by atoms with Crippen LogP contribution in [0.15, 0.2) is 18.2 Å². The van der Waals surface area contributed by atoms with Gasteiger partial charge in [-0.25, -0.2) is 9.37 Å². The minimum Gasteiger partial charge on any atom is -0.347 e. The highest BCUT2D eigenvalue weighted by Gasteiger charge is 2.41. The van der Waals surface area contributed by atoms with Crippen molar-refractivity contribution in [2.45, 2.75) is 39.2 Å². The van der Waals surface area contributed by atoms with Crippen molar-refractivity contribution in [3.05, 3.63) is 41.0 Å². The largest absolute Gasteiger partial charge is 0.347 e. The molecule has 1 saturated carbocycles. The molecule has 3 atom stereocenters. The van der Waals surface area contributed by atoms with Crippen LogP contribution in [0.4, 0.5) is 9.52 Å². The Morgan fingerprint density at radius 1 is 1.30 bits per heavy atom. The van der Waals surface area contributed by atoms with Crippen molar-refractivity contribution >= 4 is 22.6 Å². The van der Waals surface area contributed by atoms with Crippen molar-refractivity contribution in [3.8, 4) is 0 Å². The van der Waals surface area contributed by atoms with Gasteiger partial charge in [0.15, 0.2) is 0 Å². The Hall–Kier alpha value is -2.02. The lowest BCUT2D eigenvalue weighted by Crippen LogP contribution is -2.38. The van der Waals surface area contributed by atoms with Gasteiger partial charge in [-0.2, -0.15) is 4.37 Å². The summed E-state index contributed by atoms with van der Waals surface area (Å²) in [5.74, 6) is 1.79. The molecule has 0 spiro atoms. The molecule has 2 heterocycles. The van der Waals surface area contributed by atoms with E-state index in [1.165, 1.54) is 17.6 Å². The van der Waals surface area contributed by atoms with Gasteiger partial charge in [0.1, 0.15) is 11.6 Å². The molecule has 0 radical (unpaired) electrons. The third kappa shape index (κ3) is 3.57. The number of aryl methyl sites for hydroxylation is 2. The summed E-state index contributed by atoms with van der Waals surface area (Å²) in [6.07, 6.45) is 3.20. The summed E-state index contributed by atoms with van der Waals surface area (Å²) in [5.41, 5.74) is 1.08. The molecule has 1 aliphatic heterocycles. The van der Waals surface area contributed by atoms with Gasteiger partial charge in [0.05, 0.1) is 0 Å². The normalized spacial score (nSPS) is 24.7. The van der Waals surface area contributed by atoms with Crippen LogP contribution in [0.2, 0.25) is 0 Å². The molecule has 2 aliphatic rings. The quantitative estimate of drug-likeness (QED) is 0.805. The topological polar surface area (TPSA) is 49.3 Å². The maximum absolute atomic E-state index is 13.5. The minimum atomic E-state index is -0.270. The maximum Gasteiger partial charge on any atom is 0.253 e. The molecule has 0 bridgehead atoms. The van der Waals surface area contributed by atoms with Crippen LogP contribution in [0.25, 0.3) is 0 Å². The van der Waals surface area contributed by atoms with Gasteiger partial charge in [-0.05, 0) is 68.7 Å². The number of carbonyl (C=O) groups is 1. The number of benzene rings is 1. The maximum atomic E-state index is 13.5. The molecular weight excluding hydrogens is 363 g/mol. The summed E-state index contributed by atoms with van der Waals surface area (Å²) < 4.78 is 17.8. The van der Waals surface area contributed by atoms with Gasteiger partial charge in [-0.3, -0.25) is 4.79 Å². The first-order valence-corrected chi connectivity index (χ1v) is 10.3. The van der Waals surface area contributed by atoms with Gasteiger partial charge in [-0.15, -0.1) is 0 Å². The fraction of sp³-hybridized carbons (Fsp3) is 0.550. The Kier molecular flexibility index (Phi) is 4.88. The van der Waals surface area contributed by atoms with Gasteiger partial charge in [-0.1, -0.05) is 0 Å². The van der Waals surface area contributed by atoms with E-state index in [2.05, 4.69) is 14.3 Å². The SMILES string of the molecule is Cc1nsc(N2CC[C@@H]3C[C@H](N(C)C(=O)c4ccc(F)c(C)c4)C[C@@H]3C2)n1. The molecule has 5 nitrogen and oxygen atoms in total. The van der Waals surface area contributed by atoms with Crippen LogP contribution >= 0.6 is 11.5 Å². The first kappa shape index (κ1) is 18.3. The van der Waals surface area contributed by atoms with E-state index in [1.54, 1.807) is 19.1 Å². The number of nitrogens with zero attached hydrogens (tertiary/aromatic N) is 4. The predicted molar refractivity (Wildman–Crippen MR) is 105 cm³/mol. The Bertz CT molecular complexity index is 854. The highest BCUT2D eigenvalue weighted by molar-refractivity contribution is 7.09. The van der Waals surface area contributed by atoms with E-state index in [0.717, 1.165) is 43.3 Å². The molecule has 2 fully saturated rings. The molecule has 27 heavy (non-hydrogen) atoms. The number of amides is 1. The number of halogens is 1. The number of hydrogen-bond acceptors (Lipinski definition) is 5. The zero-order chi connectivity index (χ0) is 19.1. The first-order valence-electron chi connectivity index (χ1n) is 9.51. The molecular formula is C20H25FN4OS. The van der Waals surface area contributed by atoms with E-state index in [9.17, 15) is 9.18 Å². The van der Waals surface area contributed by atoms with E-state index in [4.69, 9.17) is 0 Å². The molecule has 0 unspecified atom stereocenters. The number of anilines is 1. The van der Waals surface area contributed by atoms with Gasteiger partial charge in [0.25, 0.3) is 5.91 Å². The van der Waals surface area contributed by atoms with Crippen molar-refractivity contribution in [2.24, 2.45) is 11.8 Å². The third-order valence-corrected chi connectivity index (χ3v) is 6.97. The predicted octanol–water partition coefficient (Wildman–Crippen LogP) is 3.67. The molecule has 1 aliphatic carbocycles. The second-order valence-electron chi connectivity index (χ2n) is 7.88. The zero-order valence-corrected chi connectivity index (χ0v) is 16.8. The van der Waals surface area contributed by atoms with Gasteiger partial charge in [0.2, 0.25) is 5.13 Å². The lowest BCUT2D eigenvalue weighted by atomic mass is 9.89. The average molecular weight is 389 g/mol. The average Bonchev–Trinajstić information content (AvgIpc) is 3.28. The van der Waals surface area contributed by atoms with Crippen LogP contribution in [-0.2, 0) is 0 Å². The fourth-order valence-electron chi connectivity index (χ4n) is 4.50. The first-order chi connectivity index (χ1) is 12.9. The molecule has 1 saturated heterocycles. The molecule has 1 amide bonds. The number of rotatable bonds is 3. The van der Waals surface area contributed by atoms with Crippen LogP contribution in [0.3, 0.4) is 0 Å². The summed E-state index contributed by atoms with van der Waals surface area (Å²) in [6.45, 7) is 5.63. The van der Waals surface area contributed by atoms with Crippen LogP contribution < -0.4 is 4.90 Å². The van der Waals surface area contributed by atoms with Crippen molar-refractivity contribution in [1.29, 1.82) is 0 Å². The molecule has 7 heteroatoms. The molecule has 0 N–H and O–H groups in total. The third-order valence-electron chi connectivity index (χ3n) is 6.10. The summed E-state index contributed by atoms with van der Waals surface area (Å²) >= 11 is 1.47. The lowest BCUT2D eigenvalue weighted by molar-refractivity contribution is 0.0730. The number of carbonyl (C=O) groups excluding carboxylic acids is 1. The molecule has 1 aromatic heterocycles. The van der Waals surface area contributed by atoms with E-state index in [0.29, 0.717) is 23.0 Å². The van der Waals surface area contributed by atoms with Gasteiger partial charge >= 0.3 is 0 Å². The minimum absolute atomic E-state index is 0.0154. The van der Waals surface area contributed by atoms with E-state index in [-0.39, 0.29) is 17.8 Å². The summed E-state index contributed by atoms with van der Waals surface area (Å²) in [6, 6.07) is 4.86.